The molecule has 0 unspecified atom stereocenters. The van der Waals surface area contributed by atoms with Crippen molar-refractivity contribution in [2.75, 3.05) is 7.11 Å². The van der Waals surface area contributed by atoms with Gasteiger partial charge in [0.25, 0.3) is 0 Å². The lowest BCUT2D eigenvalue weighted by Crippen LogP contribution is -1.92. The summed E-state index contributed by atoms with van der Waals surface area (Å²) in [7, 11) is 1.47. The number of hydrogen-bond acceptors (Lipinski definition) is 3. The second-order valence-electron chi connectivity index (χ2n) is 2.61. The molecular formula is C9H12O3. The van der Waals surface area contributed by atoms with Crippen molar-refractivity contribution in [1.29, 1.82) is 0 Å². The van der Waals surface area contributed by atoms with E-state index in [0.29, 0.717) is 5.75 Å². The second kappa shape index (κ2) is 3.45. The second-order valence-corrected chi connectivity index (χ2v) is 2.61. The molecule has 0 spiro atoms. The fourth-order valence-corrected chi connectivity index (χ4v) is 0.954. The van der Waals surface area contributed by atoms with Crippen LogP contribution in [0.25, 0.3) is 0 Å². The Hall–Kier alpha value is -1.22. The van der Waals surface area contributed by atoms with Gasteiger partial charge in [-0.2, -0.15) is 0 Å². The van der Waals surface area contributed by atoms with Gasteiger partial charge in [0.1, 0.15) is 0 Å². The van der Waals surface area contributed by atoms with E-state index >= 15 is 0 Å². The van der Waals surface area contributed by atoms with E-state index < -0.39 is 6.10 Å². The van der Waals surface area contributed by atoms with Crippen molar-refractivity contribution >= 4 is 0 Å². The normalized spacial score (nSPS) is 12.6. The van der Waals surface area contributed by atoms with Gasteiger partial charge in [0, 0.05) is 0 Å². The lowest BCUT2D eigenvalue weighted by atomic mass is 10.1. The van der Waals surface area contributed by atoms with Gasteiger partial charge in [-0.3, -0.25) is 0 Å². The molecule has 0 saturated carbocycles. The molecule has 0 aliphatic rings. The number of aromatic hydroxyl groups is 1. The van der Waals surface area contributed by atoms with Crippen LogP contribution >= 0.6 is 0 Å². The SMILES string of the molecule is COc1cc([C@@H](C)O)ccc1O. The third-order valence-corrected chi connectivity index (χ3v) is 1.69. The van der Waals surface area contributed by atoms with Crippen LogP contribution in [-0.4, -0.2) is 17.3 Å². The first-order valence-electron chi connectivity index (χ1n) is 3.70. The molecule has 0 radical (unpaired) electrons. The van der Waals surface area contributed by atoms with Gasteiger partial charge in [0.15, 0.2) is 11.5 Å². The van der Waals surface area contributed by atoms with Gasteiger partial charge in [-0.1, -0.05) is 6.07 Å². The fraction of sp³-hybridized carbons (Fsp3) is 0.333. The summed E-state index contributed by atoms with van der Waals surface area (Å²) < 4.78 is 4.87. The highest BCUT2D eigenvalue weighted by molar-refractivity contribution is 5.42. The Labute approximate surface area is 71.2 Å². The van der Waals surface area contributed by atoms with E-state index in [4.69, 9.17) is 4.74 Å². The molecule has 0 aliphatic carbocycles. The van der Waals surface area contributed by atoms with Crippen LogP contribution < -0.4 is 4.74 Å². The van der Waals surface area contributed by atoms with Crippen molar-refractivity contribution in [1.82, 2.24) is 0 Å². The minimum atomic E-state index is -0.542. The first-order chi connectivity index (χ1) is 5.65. The van der Waals surface area contributed by atoms with Crippen molar-refractivity contribution < 1.29 is 14.9 Å². The van der Waals surface area contributed by atoms with E-state index in [0.717, 1.165) is 5.56 Å². The summed E-state index contributed by atoms with van der Waals surface area (Å²) >= 11 is 0. The van der Waals surface area contributed by atoms with E-state index in [9.17, 15) is 10.2 Å². The molecule has 0 bridgehead atoms. The number of phenolic OH excluding ortho intramolecular Hbond substituents is 1. The maximum atomic E-state index is 9.21. The van der Waals surface area contributed by atoms with Crippen LogP contribution in [0.4, 0.5) is 0 Å². The number of aliphatic hydroxyl groups is 1. The summed E-state index contributed by atoms with van der Waals surface area (Å²) in [4.78, 5) is 0. The third-order valence-electron chi connectivity index (χ3n) is 1.69. The van der Waals surface area contributed by atoms with Gasteiger partial charge in [0.05, 0.1) is 13.2 Å². The largest absolute Gasteiger partial charge is 0.504 e. The van der Waals surface area contributed by atoms with E-state index in [2.05, 4.69) is 0 Å². The molecule has 3 heteroatoms. The van der Waals surface area contributed by atoms with Crippen LogP contribution in [0.1, 0.15) is 18.6 Å². The molecule has 3 nitrogen and oxygen atoms in total. The van der Waals surface area contributed by atoms with Crippen LogP contribution in [-0.2, 0) is 0 Å². The summed E-state index contributed by atoms with van der Waals surface area (Å²) in [6, 6.07) is 4.77. The summed E-state index contributed by atoms with van der Waals surface area (Å²) in [5.74, 6) is 0.468. The molecule has 0 amide bonds. The van der Waals surface area contributed by atoms with Crippen molar-refractivity contribution in [3.05, 3.63) is 23.8 Å². The van der Waals surface area contributed by atoms with Gasteiger partial charge in [-0.25, -0.2) is 0 Å². The zero-order valence-corrected chi connectivity index (χ0v) is 7.11. The summed E-state index contributed by atoms with van der Waals surface area (Å²) in [5.41, 5.74) is 0.727. The quantitative estimate of drug-likeness (QED) is 0.702. The van der Waals surface area contributed by atoms with Gasteiger partial charge in [-0.15, -0.1) is 0 Å². The van der Waals surface area contributed by atoms with Gasteiger partial charge in [-0.05, 0) is 24.6 Å². The predicted octanol–water partition coefficient (Wildman–Crippen LogP) is 1.45. The van der Waals surface area contributed by atoms with Crippen molar-refractivity contribution in [2.24, 2.45) is 0 Å². The molecule has 1 aromatic rings. The van der Waals surface area contributed by atoms with E-state index in [1.165, 1.54) is 13.2 Å². The lowest BCUT2D eigenvalue weighted by Gasteiger charge is -2.07. The molecule has 0 aromatic heterocycles. The Morgan fingerprint density at radius 1 is 1.42 bits per heavy atom. The zero-order chi connectivity index (χ0) is 9.14. The Morgan fingerprint density at radius 2 is 2.08 bits per heavy atom. The monoisotopic (exact) mass is 168 g/mol. The lowest BCUT2D eigenvalue weighted by molar-refractivity contribution is 0.198. The summed E-state index contributed by atoms with van der Waals surface area (Å²) in [6.45, 7) is 1.66. The Kier molecular flexibility index (Phi) is 2.55. The van der Waals surface area contributed by atoms with Crippen LogP contribution in [0.15, 0.2) is 18.2 Å². The van der Waals surface area contributed by atoms with Crippen LogP contribution in [0.2, 0.25) is 0 Å². The molecule has 0 heterocycles. The minimum absolute atomic E-state index is 0.0851. The first kappa shape index (κ1) is 8.87. The maximum Gasteiger partial charge on any atom is 0.160 e. The highest BCUT2D eigenvalue weighted by Gasteiger charge is 2.05. The number of aliphatic hydroxyl groups excluding tert-OH is 1. The van der Waals surface area contributed by atoms with Crippen LogP contribution in [0.3, 0.4) is 0 Å². The standard InChI is InChI=1S/C9H12O3/c1-6(10)7-3-4-8(11)9(5-7)12-2/h3-6,10-11H,1-2H3/t6-/m1/s1. The molecule has 66 valence electrons. The number of hydrogen-bond donors (Lipinski definition) is 2. The Balaban J connectivity index is 3.05. The average Bonchev–Trinajstić information content (AvgIpc) is 2.05. The Morgan fingerprint density at radius 3 is 2.58 bits per heavy atom. The predicted molar refractivity (Wildman–Crippen MR) is 45.3 cm³/mol. The molecule has 12 heavy (non-hydrogen) atoms. The minimum Gasteiger partial charge on any atom is -0.504 e. The molecule has 0 aliphatic heterocycles. The molecule has 1 rings (SSSR count). The van der Waals surface area contributed by atoms with E-state index in [1.54, 1.807) is 19.1 Å². The van der Waals surface area contributed by atoms with Crippen LogP contribution in [0.5, 0.6) is 11.5 Å². The first-order valence-corrected chi connectivity index (χ1v) is 3.70. The number of rotatable bonds is 2. The van der Waals surface area contributed by atoms with Crippen molar-refractivity contribution in [3.63, 3.8) is 0 Å². The van der Waals surface area contributed by atoms with Gasteiger partial charge >= 0.3 is 0 Å². The van der Waals surface area contributed by atoms with Crippen molar-refractivity contribution in [3.8, 4) is 11.5 Å². The maximum absolute atomic E-state index is 9.21. The molecular weight excluding hydrogens is 156 g/mol. The highest BCUT2D eigenvalue weighted by Crippen LogP contribution is 2.28. The van der Waals surface area contributed by atoms with Crippen LogP contribution in [0, 0.1) is 0 Å². The Bertz CT molecular complexity index is 268. The van der Waals surface area contributed by atoms with E-state index in [-0.39, 0.29) is 5.75 Å². The number of phenols is 1. The van der Waals surface area contributed by atoms with Gasteiger partial charge < -0.3 is 14.9 Å². The molecule has 2 N–H and O–H groups in total. The smallest absolute Gasteiger partial charge is 0.160 e. The van der Waals surface area contributed by atoms with E-state index in [1.807, 2.05) is 0 Å². The number of benzene rings is 1. The number of ether oxygens (including phenoxy) is 1. The fourth-order valence-electron chi connectivity index (χ4n) is 0.954. The molecule has 0 saturated heterocycles. The number of methoxy groups -OCH3 is 1. The summed E-state index contributed by atoms with van der Waals surface area (Å²) in [5, 5.41) is 18.4. The highest BCUT2D eigenvalue weighted by atomic mass is 16.5. The average molecular weight is 168 g/mol. The molecule has 1 atom stereocenters. The van der Waals surface area contributed by atoms with Gasteiger partial charge in [0.2, 0.25) is 0 Å². The topological polar surface area (TPSA) is 49.7 Å². The zero-order valence-electron chi connectivity index (χ0n) is 7.11. The molecule has 0 fully saturated rings. The third kappa shape index (κ3) is 1.68. The molecule has 1 aromatic carbocycles. The summed E-state index contributed by atoms with van der Waals surface area (Å²) in [6.07, 6.45) is -0.542. The van der Waals surface area contributed by atoms with Crippen molar-refractivity contribution in [2.45, 2.75) is 13.0 Å².